The van der Waals surface area contributed by atoms with E-state index in [0.717, 1.165) is 16.0 Å². The lowest BCUT2D eigenvalue weighted by Gasteiger charge is -2.30. The highest BCUT2D eigenvalue weighted by Crippen LogP contribution is 2.44. The van der Waals surface area contributed by atoms with Gasteiger partial charge in [-0.25, -0.2) is 0 Å². The molecule has 0 radical (unpaired) electrons. The lowest BCUT2D eigenvalue weighted by atomic mass is 9.98. The van der Waals surface area contributed by atoms with E-state index < -0.39 is 6.04 Å². The molecule has 2 atom stereocenters. The Labute approximate surface area is 217 Å². The van der Waals surface area contributed by atoms with E-state index in [2.05, 4.69) is 5.32 Å². The molecule has 0 saturated carbocycles. The molecule has 1 aliphatic heterocycles. The quantitative estimate of drug-likeness (QED) is 0.314. The monoisotopic (exact) mass is 518 g/mol. The summed E-state index contributed by atoms with van der Waals surface area (Å²) in [4.78, 5) is 30.3. The zero-order valence-electron chi connectivity index (χ0n) is 18.7. The minimum absolute atomic E-state index is 0.185. The number of halogens is 1. The summed E-state index contributed by atoms with van der Waals surface area (Å²) in [5.41, 5.74) is 2.37. The summed E-state index contributed by atoms with van der Waals surface area (Å²) in [6.07, 6.45) is 0. The molecule has 3 aromatic carbocycles. The molecule has 1 fully saturated rings. The topological polar surface area (TPSA) is 49.4 Å². The average molecular weight is 519 g/mol. The summed E-state index contributed by atoms with van der Waals surface area (Å²) >= 11 is 9.58. The highest BCUT2D eigenvalue weighted by molar-refractivity contribution is 7.99. The first-order chi connectivity index (χ1) is 17.1. The number of carbonyl (C=O) groups excluding carboxylic acids is 2. The molecule has 0 bridgehead atoms. The Morgan fingerprint density at radius 3 is 2.09 bits per heavy atom. The van der Waals surface area contributed by atoms with Crippen LogP contribution in [-0.4, -0.2) is 28.5 Å². The molecule has 2 amide bonds. The van der Waals surface area contributed by atoms with Crippen LogP contribution in [0.2, 0.25) is 5.02 Å². The molecule has 176 valence electrons. The van der Waals surface area contributed by atoms with Crippen LogP contribution in [0.15, 0.2) is 102 Å². The Hall–Kier alpha value is -3.06. The van der Waals surface area contributed by atoms with Crippen molar-refractivity contribution in [1.82, 2.24) is 10.2 Å². The van der Waals surface area contributed by atoms with Crippen molar-refractivity contribution in [3.8, 4) is 0 Å². The Balaban J connectivity index is 1.48. The van der Waals surface area contributed by atoms with Crippen molar-refractivity contribution in [2.75, 3.05) is 5.75 Å². The van der Waals surface area contributed by atoms with E-state index in [4.69, 9.17) is 11.6 Å². The van der Waals surface area contributed by atoms with Crippen LogP contribution in [0.25, 0.3) is 0 Å². The summed E-state index contributed by atoms with van der Waals surface area (Å²) in [7, 11) is 0. The largest absolute Gasteiger partial charge is 0.343 e. The second kappa shape index (κ2) is 10.7. The van der Waals surface area contributed by atoms with Gasteiger partial charge in [0.25, 0.3) is 5.91 Å². The van der Waals surface area contributed by atoms with Gasteiger partial charge in [0.2, 0.25) is 5.91 Å². The maximum Gasteiger partial charge on any atom is 0.257 e. The Morgan fingerprint density at radius 2 is 1.49 bits per heavy atom. The van der Waals surface area contributed by atoms with Gasteiger partial charge in [-0.15, -0.1) is 23.1 Å². The van der Waals surface area contributed by atoms with Gasteiger partial charge in [0.15, 0.2) is 0 Å². The summed E-state index contributed by atoms with van der Waals surface area (Å²) in [5.74, 6) is 0.0748. The molecular weight excluding hydrogens is 496 g/mol. The predicted molar refractivity (Wildman–Crippen MR) is 144 cm³/mol. The smallest absolute Gasteiger partial charge is 0.257 e. The van der Waals surface area contributed by atoms with Crippen LogP contribution in [0.1, 0.15) is 37.8 Å². The summed E-state index contributed by atoms with van der Waals surface area (Å²) in [6, 6.07) is 29.8. The van der Waals surface area contributed by atoms with E-state index in [0.29, 0.717) is 16.3 Å². The summed E-state index contributed by atoms with van der Waals surface area (Å²) < 4.78 is 0. The fourth-order valence-corrected chi connectivity index (χ4v) is 6.88. The van der Waals surface area contributed by atoms with Gasteiger partial charge in [-0.05, 0) is 34.7 Å². The lowest BCUT2D eigenvalue weighted by Crippen LogP contribution is -2.48. The fourth-order valence-electron chi connectivity index (χ4n) is 4.27. The number of thiophene rings is 1. The molecular formula is C28H23ClN2O2S2. The number of hydrogen-bond donors (Lipinski definition) is 1. The standard InChI is InChI=1S/C28H23ClN2O2S2/c29-22-15-8-7-14-21(22)27(33)31-23(18-35-28(31)24-16-9-17-34-24)26(32)30-25(19-10-3-1-4-11-19)20-12-5-2-6-13-20/h1-17,23,25,28H,18H2,(H,30,32). The minimum Gasteiger partial charge on any atom is -0.343 e. The molecule has 2 unspecified atom stereocenters. The van der Waals surface area contributed by atoms with E-state index in [1.54, 1.807) is 52.3 Å². The van der Waals surface area contributed by atoms with Crippen LogP contribution in [0.5, 0.6) is 0 Å². The first-order valence-corrected chi connectivity index (χ1v) is 13.6. The first kappa shape index (κ1) is 23.7. The van der Waals surface area contributed by atoms with E-state index >= 15 is 0 Å². The maximum atomic E-state index is 13.8. The molecule has 35 heavy (non-hydrogen) atoms. The van der Waals surface area contributed by atoms with Crippen molar-refractivity contribution >= 4 is 46.5 Å². The molecule has 0 spiro atoms. The van der Waals surface area contributed by atoms with Crippen LogP contribution < -0.4 is 5.32 Å². The Kier molecular flexibility index (Phi) is 7.23. The number of nitrogens with one attached hydrogen (secondary N) is 1. The number of benzene rings is 3. The summed E-state index contributed by atoms with van der Waals surface area (Å²) in [5, 5.41) is 5.35. The third-order valence-corrected chi connectivity index (χ3v) is 8.69. The number of amides is 2. The van der Waals surface area contributed by atoms with Gasteiger partial charge in [0, 0.05) is 10.6 Å². The molecule has 4 nitrogen and oxygen atoms in total. The number of nitrogens with zero attached hydrogens (tertiary/aromatic N) is 1. The fraction of sp³-hybridized carbons (Fsp3) is 0.143. The average Bonchev–Trinajstić information content (AvgIpc) is 3.58. The van der Waals surface area contributed by atoms with Gasteiger partial charge in [0.05, 0.1) is 16.6 Å². The molecule has 1 aromatic heterocycles. The van der Waals surface area contributed by atoms with Crippen molar-refractivity contribution < 1.29 is 9.59 Å². The minimum atomic E-state index is -0.634. The highest BCUT2D eigenvalue weighted by atomic mass is 35.5. The molecule has 5 rings (SSSR count). The van der Waals surface area contributed by atoms with E-state index in [1.807, 2.05) is 78.2 Å². The van der Waals surface area contributed by atoms with E-state index in [9.17, 15) is 9.59 Å². The van der Waals surface area contributed by atoms with E-state index in [1.165, 1.54) is 0 Å². The normalized spacial score (nSPS) is 17.5. The Bertz CT molecular complexity index is 1260. The second-order valence-electron chi connectivity index (χ2n) is 8.17. The van der Waals surface area contributed by atoms with E-state index in [-0.39, 0.29) is 23.2 Å². The number of rotatable bonds is 6. The number of hydrogen-bond acceptors (Lipinski definition) is 4. The van der Waals surface area contributed by atoms with Crippen molar-refractivity contribution in [3.63, 3.8) is 0 Å². The number of carbonyl (C=O) groups is 2. The molecule has 0 aliphatic carbocycles. The van der Waals surface area contributed by atoms with Crippen molar-refractivity contribution in [1.29, 1.82) is 0 Å². The van der Waals surface area contributed by atoms with Gasteiger partial charge >= 0.3 is 0 Å². The van der Waals surface area contributed by atoms with Gasteiger partial charge in [0.1, 0.15) is 11.4 Å². The highest BCUT2D eigenvalue weighted by Gasteiger charge is 2.44. The third kappa shape index (κ3) is 5.01. The summed E-state index contributed by atoms with van der Waals surface area (Å²) in [6.45, 7) is 0. The second-order valence-corrected chi connectivity index (χ2v) is 10.7. The zero-order valence-corrected chi connectivity index (χ0v) is 21.1. The van der Waals surface area contributed by atoms with Crippen LogP contribution in [-0.2, 0) is 4.79 Å². The van der Waals surface area contributed by atoms with Crippen molar-refractivity contribution in [2.24, 2.45) is 0 Å². The van der Waals surface area contributed by atoms with Crippen molar-refractivity contribution in [3.05, 3.63) is 129 Å². The van der Waals surface area contributed by atoms with Gasteiger partial charge in [-0.2, -0.15) is 0 Å². The van der Waals surface area contributed by atoms with Gasteiger partial charge < -0.3 is 10.2 Å². The Morgan fingerprint density at radius 1 is 0.857 bits per heavy atom. The molecule has 1 N–H and O–H groups in total. The van der Waals surface area contributed by atoms with Gasteiger partial charge in [-0.1, -0.05) is 90.5 Å². The van der Waals surface area contributed by atoms with Crippen molar-refractivity contribution in [2.45, 2.75) is 17.5 Å². The maximum absolute atomic E-state index is 13.8. The molecule has 7 heteroatoms. The van der Waals surface area contributed by atoms with Crippen LogP contribution in [0, 0.1) is 0 Å². The molecule has 4 aromatic rings. The third-order valence-electron chi connectivity index (χ3n) is 5.98. The predicted octanol–water partition coefficient (Wildman–Crippen LogP) is 6.56. The van der Waals surface area contributed by atoms with Crippen LogP contribution in [0.3, 0.4) is 0 Å². The van der Waals surface area contributed by atoms with Crippen LogP contribution in [0.4, 0.5) is 0 Å². The zero-order chi connectivity index (χ0) is 24.2. The molecule has 2 heterocycles. The molecule has 1 aliphatic rings. The van der Waals surface area contributed by atoms with Crippen LogP contribution >= 0.6 is 34.7 Å². The lowest BCUT2D eigenvalue weighted by molar-refractivity contribution is -0.125. The SMILES string of the molecule is O=C(NC(c1ccccc1)c1ccccc1)C1CSC(c2cccs2)N1C(=O)c1ccccc1Cl. The van der Waals surface area contributed by atoms with Gasteiger partial charge in [-0.3, -0.25) is 9.59 Å². The first-order valence-electron chi connectivity index (χ1n) is 11.3. The number of thioether (sulfide) groups is 1. The molecule has 1 saturated heterocycles.